The van der Waals surface area contributed by atoms with E-state index in [0.29, 0.717) is 65.4 Å². The monoisotopic (exact) mass is 556 g/mol. The number of anilines is 4. The van der Waals surface area contributed by atoms with E-state index in [1.807, 2.05) is 24.1 Å². The number of piperidine rings is 1. The fraction of sp³-hybridized carbons (Fsp3) is 0.391. The van der Waals surface area contributed by atoms with Crippen LogP contribution in [0.5, 0.6) is 0 Å². The molecule has 38 heavy (non-hydrogen) atoms. The van der Waals surface area contributed by atoms with Crippen LogP contribution in [0.4, 0.5) is 27.9 Å². The minimum atomic E-state index is -1.11. The lowest BCUT2D eigenvalue weighted by atomic mass is 10.0. The predicted octanol–water partition coefficient (Wildman–Crippen LogP) is 3.25. The van der Waals surface area contributed by atoms with Gasteiger partial charge in [0, 0.05) is 19.6 Å². The number of hydrogen-bond donors (Lipinski definition) is 4. The topological polar surface area (TPSA) is 177 Å². The number of halogens is 1. The number of nitrogens with zero attached hydrogens (tertiary/aromatic N) is 7. The van der Waals surface area contributed by atoms with Gasteiger partial charge in [-0.05, 0) is 31.7 Å². The third kappa shape index (κ3) is 5.78. The van der Waals surface area contributed by atoms with Gasteiger partial charge in [-0.1, -0.05) is 11.6 Å². The number of imidazole rings is 1. The van der Waals surface area contributed by atoms with Crippen LogP contribution in [-0.2, 0) is 4.74 Å². The molecule has 3 aromatic rings. The van der Waals surface area contributed by atoms with Crippen molar-refractivity contribution in [2.24, 2.45) is 0 Å². The maximum atomic E-state index is 11.3. The second-order valence-electron chi connectivity index (χ2n) is 8.30. The van der Waals surface area contributed by atoms with Gasteiger partial charge in [0.25, 0.3) is 0 Å². The fourth-order valence-corrected chi connectivity index (χ4v) is 4.78. The van der Waals surface area contributed by atoms with Crippen LogP contribution < -0.4 is 20.9 Å². The molecule has 1 aliphatic rings. The van der Waals surface area contributed by atoms with E-state index < -0.39 is 12.2 Å². The van der Waals surface area contributed by atoms with Gasteiger partial charge in [0.05, 0.1) is 52.3 Å². The summed E-state index contributed by atoms with van der Waals surface area (Å²) in [6.07, 6.45) is 2.28. The van der Waals surface area contributed by atoms with Crippen molar-refractivity contribution >= 4 is 58.2 Å². The number of nitrogens with one attached hydrogen (secondary N) is 3. The molecule has 0 spiro atoms. The smallest absolute Gasteiger partial charge is 0.404 e. The van der Waals surface area contributed by atoms with E-state index in [1.54, 1.807) is 12.1 Å². The first-order valence-electron chi connectivity index (χ1n) is 11.6. The van der Waals surface area contributed by atoms with E-state index in [1.165, 1.54) is 22.5 Å². The number of amides is 1. The van der Waals surface area contributed by atoms with E-state index >= 15 is 0 Å². The zero-order valence-electron chi connectivity index (χ0n) is 20.6. The van der Waals surface area contributed by atoms with Crippen molar-refractivity contribution in [2.45, 2.75) is 25.5 Å². The molecule has 2 atom stereocenters. The summed E-state index contributed by atoms with van der Waals surface area (Å²) in [6.45, 7) is 3.34. The quantitative estimate of drug-likeness (QED) is 0.283. The van der Waals surface area contributed by atoms with Gasteiger partial charge in [-0.25, -0.2) is 9.78 Å². The molecular weight excluding hydrogens is 532 g/mol. The number of rotatable bonds is 9. The van der Waals surface area contributed by atoms with E-state index in [9.17, 15) is 20.4 Å². The van der Waals surface area contributed by atoms with Crippen LogP contribution in [0.2, 0.25) is 5.02 Å². The maximum Gasteiger partial charge on any atom is 0.404 e. The average molecular weight is 557 g/mol. The van der Waals surface area contributed by atoms with Gasteiger partial charge in [0.1, 0.15) is 6.07 Å². The van der Waals surface area contributed by atoms with Crippen LogP contribution in [0, 0.1) is 22.7 Å². The van der Waals surface area contributed by atoms with Crippen molar-refractivity contribution in [2.75, 3.05) is 47.4 Å². The Kier molecular flexibility index (Phi) is 8.58. The van der Waals surface area contributed by atoms with Gasteiger partial charge in [-0.15, -0.1) is 16.9 Å². The third-order valence-corrected chi connectivity index (χ3v) is 6.63. The third-order valence-electron chi connectivity index (χ3n) is 5.86. The minimum absolute atomic E-state index is 0.149. The van der Waals surface area contributed by atoms with E-state index in [4.69, 9.17) is 16.3 Å². The molecule has 198 valence electrons. The van der Waals surface area contributed by atoms with E-state index in [-0.39, 0.29) is 17.7 Å². The van der Waals surface area contributed by atoms with Crippen molar-refractivity contribution in [1.82, 2.24) is 24.9 Å². The molecule has 1 saturated heterocycles. The number of nitriles is 2. The summed E-state index contributed by atoms with van der Waals surface area (Å²) in [4.78, 5) is 22.0. The minimum Gasteiger partial charge on any atom is -0.465 e. The summed E-state index contributed by atoms with van der Waals surface area (Å²) in [6, 6.07) is 7.10. The molecule has 4 rings (SSSR count). The lowest BCUT2D eigenvalue weighted by molar-refractivity contribution is 0.0502. The molecule has 1 fully saturated rings. The number of carboxylic acid groups (broad SMARTS) is 1. The van der Waals surface area contributed by atoms with Crippen LogP contribution in [0.3, 0.4) is 0 Å². The summed E-state index contributed by atoms with van der Waals surface area (Å²) in [5.74, 6) is 0.986. The van der Waals surface area contributed by atoms with Crippen LogP contribution in [-0.4, -0.2) is 74.8 Å². The molecule has 0 saturated carbocycles. The Labute approximate surface area is 227 Å². The molecule has 4 N–H and O–H groups in total. The molecule has 0 unspecified atom stereocenters. The zero-order valence-corrected chi connectivity index (χ0v) is 22.2. The lowest BCUT2D eigenvalue weighted by Crippen LogP contribution is -2.55. The Morgan fingerprint density at radius 3 is 2.87 bits per heavy atom. The molecule has 3 heterocycles. The molecule has 13 nitrogen and oxygen atoms in total. The van der Waals surface area contributed by atoms with Crippen LogP contribution >= 0.6 is 23.4 Å². The normalized spacial score (nSPS) is 17.0. The first kappa shape index (κ1) is 27.1. The highest BCUT2D eigenvalue weighted by molar-refractivity contribution is 7.98. The fourth-order valence-electron chi connectivity index (χ4n) is 4.20. The molecule has 2 aromatic heterocycles. The highest BCUT2D eigenvalue weighted by atomic mass is 35.5. The van der Waals surface area contributed by atoms with Crippen molar-refractivity contribution in [3.05, 3.63) is 34.6 Å². The predicted molar refractivity (Wildman–Crippen MR) is 144 cm³/mol. The number of hydrogen-bond acceptors (Lipinski definition) is 11. The summed E-state index contributed by atoms with van der Waals surface area (Å²) >= 11 is 8.33. The number of fused-ring (bicyclic) bond motifs is 1. The summed E-state index contributed by atoms with van der Waals surface area (Å²) in [5.41, 5.74) is 1.98. The number of ether oxygens (including phenoxy) is 1. The first-order chi connectivity index (χ1) is 18.4. The highest BCUT2D eigenvalue weighted by Gasteiger charge is 2.32. The second-order valence-corrected chi connectivity index (χ2v) is 9.49. The van der Waals surface area contributed by atoms with Crippen LogP contribution in [0.1, 0.15) is 24.6 Å². The first-order valence-corrected chi connectivity index (χ1v) is 13.4. The van der Waals surface area contributed by atoms with Gasteiger partial charge >= 0.3 is 6.09 Å². The Hall–Kier alpha value is -3.98. The molecule has 0 bridgehead atoms. The molecule has 1 aliphatic heterocycles. The van der Waals surface area contributed by atoms with Crippen LogP contribution in [0.25, 0.3) is 5.65 Å². The highest BCUT2D eigenvalue weighted by Crippen LogP contribution is 2.37. The largest absolute Gasteiger partial charge is 0.465 e. The molecular formula is C23H25ClN10O3S. The Balaban J connectivity index is 1.68. The van der Waals surface area contributed by atoms with Crippen molar-refractivity contribution in [3.63, 3.8) is 0 Å². The number of aromatic nitrogens is 4. The molecule has 0 radical (unpaired) electrons. The molecule has 1 aromatic carbocycles. The summed E-state index contributed by atoms with van der Waals surface area (Å²) in [7, 11) is 0. The standard InChI is InChI=1S/C23H25ClN10O3S/c1-3-27-20-21-28-10-14(9-26)34(21)32-22(31-20)29-16-6-13(8-25)7-17(19(16)24)33-5-4-15(30-23(35)36)18(11-33)37-12-38-2/h6-7,10,15,18,30H,3-5,11-12H2,1-2H3,(H,35,36)(H2,27,29,31,32)/t15-,18-/m1/s1. The van der Waals surface area contributed by atoms with Crippen molar-refractivity contribution in [1.29, 1.82) is 10.5 Å². The SMILES string of the molecule is CCNc1nc(Nc2cc(C#N)cc(N3CC[C@@H](NC(=O)O)[C@H](OCSC)C3)c2Cl)nn2c(C#N)cnc12. The van der Waals surface area contributed by atoms with Gasteiger partial charge in [-0.2, -0.15) is 20.0 Å². The molecule has 0 aliphatic carbocycles. The van der Waals surface area contributed by atoms with E-state index in [0.717, 1.165) is 0 Å². The molecule has 1 amide bonds. The number of benzene rings is 1. The maximum absolute atomic E-state index is 11.3. The average Bonchev–Trinajstić information content (AvgIpc) is 3.32. The molecule has 15 heteroatoms. The van der Waals surface area contributed by atoms with E-state index in [2.05, 4.69) is 37.1 Å². The summed E-state index contributed by atoms with van der Waals surface area (Å²) < 4.78 is 7.30. The number of carbonyl (C=O) groups is 1. The lowest BCUT2D eigenvalue weighted by Gasteiger charge is -2.39. The Bertz CT molecular complexity index is 1420. The van der Waals surface area contributed by atoms with Crippen LogP contribution in [0.15, 0.2) is 18.3 Å². The zero-order chi connectivity index (χ0) is 27.2. The van der Waals surface area contributed by atoms with Gasteiger partial charge in [-0.3, -0.25) is 0 Å². The number of thioether (sulfide) groups is 1. The second kappa shape index (κ2) is 12.0. The van der Waals surface area contributed by atoms with Gasteiger partial charge < -0.3 is 30.7 Å². The summed E-state index contributed by atoms with van der Waals surface area (Å²) in [5, 5.41) is 41.8. The van der Waals surface area contributed by atoms with Crippen molar-refractivity contribution in [3.8, 4) is 12.1 Å². The Morgan fingerprint density at radius 1 is 1.37 bits per heavy atom. The Morgan fingerprint density at radius 2 is 2.18 bits per heavy atom. The van der Waals surface area contributed by atoms with Gasteiger partial charge in [0.15, 0.2) is 17.2 Å². The van der Waals surface area contributed by atoms with Gasteiger partial charge in [0.2, 0.25) is 5.95 Å². The van der Waals surface area contributed by atoms with Crippen molar-refractivity contribution < 1.29 is 14.6 Å².